The number of hydrogen-bond acceptors (Lipinski definition) is 6. The molecule has 1 heterocycles. The maximum Gasteiger partial charge on any atom is 0.255 e. The highest BCUT2D eigenvalue weighted by molar-refractivity contribution is 7.91. The van der Waals surface area contributed by atoms with Gasteiger partial charge in [0.2, 0.25) is 0 Å². The van der Waals surface area contributed by atoms with Crippen LogP contribution >= 0.6 is 0 Å². The molecule has 0 saturated carbocycles. The molecule has 1 aliphatic rings. The average molecular weight is 377 g/mol. The Balaban J connectivity index is 2.42. The number of nitrogens with two attached hydrogens (primary N) is 1. The molecule has 1 saturated heterocycles. The molecular formula is C17H27N3O4S. The number of anilines is 1. The summed E-state index contributed by atoms with van der Waals surface area (Å²) >= 11 is 0. The number of carbonyl (C=O) groups excluding carboxylic acids is 1. The zero-order valence-corrected chi connectivity index (χ0v) is 14.9. The lowest BCUT2D eigenvalue weighted by atomic mass is 10.1. The topological polar surface area (TPSA) is 102 Å². The van der Waals surface area contributed by atoms with Gasteiger partial charge >= 0.3 is 0 Å². The molecule has 0 spiro atoms. The summed E-state index contributed by atoms with van der Waals surface area (Å²) in [5.41, 5.74) is 5.39. The summed E-state index contributed by atoms with van der Waals surface area (Å²) < 4.78 is 84.8. The Kier molecular flexibility index (Phi) is 3.78. The number of methoxy groups -OCH3 is 1. The molecule has 3 N–H and O–H groups in total. The van der Waals surface area contributed by atoms with Gasteiger partial charge in [-0.15, -0.1) is 0 Å². The first-order valence-electron chi connectivity index (χ1n) is 11.3. The van der Waals surface area contributed by atoms with E-state index in [2.05, 4.69) is 5.32 Å². The maximum atomic E-state index is 12.9. The SMILES string of the molecule is [2H]C([2H])(NC(=O)c1cc(S(=O)(=O)CC)c(N)cc1OC)C1CCCN1C([2H])([2H])C([2H])([2H])[2H]. The molecule has 1 aromatic rings. The van der Waals surface area contributed by atoms with Crippen molar-refractivity contribution in [2.24, 2.45) is 0 Å². The molecular weight excluding hydrogens is 342 g/mol. The van der Waals surface area contributed by atoms with Gasteiger partial charge in [0, 0.05) is 25.5 Å². The molecule has 0 bridgehead atoms. The number of amides is 1. The summed E-state index contributed by atoms with van der Waals surface area (Å²) in [6.07, 6.45) is 0.441. The van der Waals surface area contributed by atoms with Crippen LogP contribution < -0.4 is 15.8 Å². The van der Waals surface area contributed by atoms with Crippen molar-refractivity contribution in [3.8, 4) is 5.75 Å². The Hall–Kier alpha value is -1.80. The lowest BCUT2D eigenvalue weighted by molar-refractivity contribution is 0.0938. The van der Waals surface area contributed by atoms with Crippen LogP contribution in [0.2, 0.25) is 0 Å². The number of nitrogens with one attached hydrogen (secondary N) is 1. The average Bonchev–Trinajstić information content (AvgIpc) is 3.17. The van der Waals surface area contributed by atoms with Gasteiger partial charge in [-0.2, -0.15) is 0 Å². The molecule has 1 atom stereocenters. The Labute approximate surface area is 159 Å². The molecule has 7 nitrogen and oxygen atoms in total. The van der Waals surface area contributed by atoms with Gasteiger partial charge in [0.1, 0.15) is 5.75 Å². The second-order valence-electron chi connectivity index (χ2n) is 5.56. The van der Waals surface area contributed by atoms with Crippen molar-refractivity contribution < 1.29 is 27.5 Å². The molecule has 1 amide bonds. The minimum Gasteiger partial charge on any atom is -0.496 e. The van der Waals surface area contributed by atoms with Crippen LogP contribution in [-0.4, -0.2) is 57.7 Å². The molecule has 0 aromatic heterocycles. The van der Waals surface area contributed by atoms with E-state index in [4.69, 9.17) is 20.1 Å². The van der Waals surface area contributed by atoms with Gasteiger partial charge in [0.05, 0.1) is 31.8 Å². The number of carbonyl (C=O) groups is 1. The van der Waals surface area contributed by atoms with Crippen LogP contribution in [0.5, 0.6) is 5.75 Å². The van der Waals surface area contributed by atoms with Crippen molar-refractivity contribution in [2.45, 2.75) is 37.6 Å². The van der Waals surface area contributed by atoms with Crippen LogP contribution in [0.15, 0.2) is 17.0 Å². The fraction of sp³-hybridized carbons (Fsp3) is 0.588. The van der Waals surface area contributed by atoms with Crippen molar-refractivity contribution in [2.75, 3.05) is 38.1 Å². The number of nitrogen functional groups attached to an aromatic ring is 1. The van der Waals surface area contributed by atoms with E-state index in [-0.39, 0.29) is 40.6 Å². The number of likely N-dealkylation sites (tertiary alicyclic amines) is 1. The Morgan fingerprint density at radius 1 is 1.56 bits per heavy atom. The lowest BCUT2D eigenvalue weighted by Crippen LogP contribution is -2.40. The molecule has 1 aromatic carbocycles. The highest BCUT2D eigenvalue weighted by atomic mass is 32.2. The third-order valence-electron chi connectivity index (χ3n) is 4.04. The van der Waals surface area contributed by atoms with Crippen LogP contribution in [0.1, 0.15) is 46.6 Å². The molecule has 140 valence electrons. The Morgan fingerprint density at radius 2 is 2.32 bits per heavy atom. The van der Waals surface area contributed by atoms with E-state index in [0.29, 0.717) is 6.42 Å². The second-order valence-corrected chi connectivity index (χ2v) is 7.80. The van der Waals surface area contributed by atoms with Crippen LogP contribution in [0.25, 0.3) is 0 Å². The van der Waals surface area contributed by atoms with Gasteiger partial charge in [0.25, 0.3) is 5.91 Å². The van der Waals surface area contributed by atoms with Gasteiger partial charge in [-0.1, -0.05) is 13.8 Å². The molecule has 0 radical (unpaired) electrons. The standard InChI is InChI=1S/C17H27N3O4S/c1-4-20-8-6-7-12(20)11-19-17(21)13-9-16(25(22,23)5-2)14(18)10-15(13)24-3/h9-10,12H,4-8,11,18H2,1-3H3,(H,19,21)/i1D3,4D2,11D2. The quantitative estimate of drug-likeness (QED) is 0.695. The van der Waals surface area contributed by atoms with E-state index in [1.54, 1.807) is 0 Å². The van der Waals surface area contributed by atoms with Gasteiger partial charge < -0.3 is 15.8 Å². The molecule has 1 aliphatic heterocycles. The molecule has 1 unspecified atom stereocenters. The number of ether oxygens (including phenoxy) is 1. The summed E-state index contributed by atoms with van der Waals surface area (Å²) in [4.78, 5) is 13.5. The number of likely N-dealkylation sites (N-methyl/N-ethyl adjacent to an activating group) is 1. The zero-order chi connectivity index (χ0) is 24.7. The van der Waals surface area contributed by atoms with Crippen molar-refractivity contribution in [3.05, 3.63) is 17.7 Å². The monoisotopic (exact) mass is 376 g/mol. The first-order chi connectivity index (χ1) is 14.5. The molecule has 1 fully saturated rings. The van der Waals surface area contributed by atoms with E-state index < -0.39 is 41.6 Å². The van der Waals surface area contributed by atoms with E-state index in [9.17, 15) is 13.2 Å². The fourth-order valence-corrected chi connectivity index (χ4v) is 3.64. The summed E-state index contributed by atoms with van der Waals surface area (Å²) in [6, 6.07) is 0.898. The van der Waals surface area contributed by atoms with Gasteiger partial charge in [-0.3, -0.25) is 9.69 Å². The number of hydrogen-bond donors (Lipinski definition) is 2. The number of benzene rings is 1. The summed E-state index contributed by atoms with van der Waals surface area (Å²) in [5, 5.41) is 2.15. The van der Waals surface area contributed by atoms with Gasteiger partial charge in [-0.05, 0) is 31.9 Å². The molecule has 0 aliphatic carbocycles. The first kappa shape index (κ1) is 11.7. The number of nitrogens with zero attached hydrogens (tertiary/aromatic N) is 1. The van der Waals surface area contributed by atoms with Crippen molar-refractivity contribution in [1.82, 2.24) is 10.2 Å². The van der Waals surface area contributed by atoms with E-state index in [0.717, 1.165) is 17.0 Å². The van der Waals surface area contributed by atoms with Gasteiger partial charge in [0.15, 0.2) is 9.84 Å². The van der Waals surface area contributed by atoms with Gasteiger partial charge in [-0.25, -0.2) is 8.42 Å². The minimum absolute atomic E-state index is 0.00444. The molecule has 25 heavy (non-hydrogen) atoms. The Morgan fingerprint density at radius 3 is 2.96 bits per heavy atom. The fourth-order valence-electron chi connectivity index (χ4n) is 2.61. The normalized spacial score (nSPS) is 24.1. The minimum atomic E-state index is -3.79. The van der Waals surface area contributed by atoms with E-state index in [1.165, 1.54) is 14.0 Å². The lowest BCUT2D eigenvalue weighted by Gasteiger charge is -2.23. The van der Waals surface area contributed by atoms with Crippen LogP contribution in [0.3, 0.4) is 0 Å². The van der Waals surface area contributed by atoms with E-state index >= 15 is 0 Å². The van der Waals surface area contributed by atoms with Crippen molar-refractivity contribution in [1.29, 1.82) is 0 Å². The number of sulfone groups is 1. The van der Waals surface area contributed by atoms with E-state index in [1.807, 2.05) is 0 Å². The summed E-state index contributed by atoms with van der Waals surface area (Å²) in [5.74, 6) is -1.36. The van der Waals surface area contributed by atoms with Crippen LogP contribution in [0.4, 0.5) is 5.69 Å². The Bertz CT molecular complexity index is 983. The first-order valence-corrected chi connectivity index (χ1v) is 9.44. The smallest absolute Gasteiger partial charge is 0.255 e. The van der Waals surface area contributed by atoms with Crippen LogP contribution in [0, 0.1) is 0 Å². The third kappa shape index (κ3) is 4.24. The highest BCUT2D eigenvalue weighted by Gasteiger charge is 2.25. The largest absolute Gasteiger partial charge is 0.496 e. The zero-order valence-electron chi connectivity index (χ0n) is 21.1. The maximum absolute atomic E-state index is 12.9. The van der Waals surface area contributed by atoms with Crippen molar-refractivity contribution in [3.63, 3.8) is 0 Å². The highest BCUT2D eigenvalue weighted by Crippen LogP contribution is 2.29. The summed E-state index contributed by atoms with van der Waals surface area (Å²) in [7, 11) is -2.55. The predicted octanol–water partition coefficient (Wildman–Crippen LogP) is 1.29. The predicted molar refractivity (Wildman–Crippen MR) is 97.7 cm³/mol. The second kappa shape index (κ2) is 8.05. The third-order valence-corrected chi connectivity index (χ3v) is 5.82. The van der Waals surface area contributed by atoms with Crippen LogP contribution in [-0.2, 0) is 9.84 Å². The molecule has 8 heteroatoms. The van der Waals surface area contributed by atoms with Crippen molar-refractivity contribution >= 4 is 21.4 Å². The summed E-state index contributed by atoms with van der Waals surface area (Å²) in [6.45, 7) is -6.98. The number of rotatable bonds is 7. The molecule has 2 rings (SSSR count).